The van der Waals surface area contributed by atoms with E-state index in [0.29, 0.717) is 12.1 Å². The number of carboxylic acids is 1. The molecule has 2 unspecified atom stereocenters. The SMILES string of the molecule is CC(NCCC1CN(Cc2cccc(C(=O)O)c2)c2ccccc2O1)c1cccc2ccccc12. The van der Waals surface area contributed by atoms with Crippen molar-refractivity contribution in [3.63, 3.8) is 0 Å². The Bertz CT molecular complexity index is 1330. The number of carboxylic acid groups (broad SMARTS) is 1. The number of aromatic carboxylic acids is 1. The molecule has 0 aliphatic carbocycles. The number of nitrogens with one attached hydrogen (secondary N) is 1. The molecule has 5 nitrogen and oxygen atoms in total. The van der Waals surface area contributed by atoms with E-state index in [0.717, 1.165) is 36.5 Å². The third-order valence-electron chi connectivity index (χ3n) is 6.68. The first-order valence-corrected chi connectivity index (χ1v) is 12.1. The lowest BCUT2D eigenvalue weighted by atomic mass is 9.99. The van der Waals surface area contributed by atoms with Gasteiger partial charge in [0.15, 0.2) is 0 Å². The summed E-state index contributed by atoms with van der Waals surface area (Å²) >= 11 is 0. The number of fused-ring (bicyclic) bond motifs is 2. The van der Waals surface area contributed by atoms with E-state index < -0.39 is 5.97 Å². The molecule has 5 rings (SSSR count). The Morgan fingerprint density at radius 2 is 1.80 bits per heavy atom. The number of rotatable bonds is 8. The van der Waals surface area contributed by atoms with Crippen molar-refractivity contribution >= 4 is 22.4 Å². The van der Waals surface area contributed by atoms with Crippen molar-refractivity contribution in [1.82, 2.24) is 5.32 Å². The highest BCUT2D eigenvalue weighted by Crippen LogP contribution is 2.35. The third kappa shape index (κ3) is 5.15. The van der Waals surface area contributed by atoms with E-state index in [-0.39, 0.29) is 12.1 Å². The third-order valence-corrected chi connectivity index (χ3v) is 6.68. The fraction of sp³-hybridized carbons (Fsp3) is 0.233. The van der Waals surface area contributed by atoms with Crippen molar-refractivity contribution in [1.29, 1.82) is 0 Å². The zero-order valence-electron chi connectivity index (χ0n) is 19.9. The van der Waals surface area contributed by atoms with Gasteiger partial charge in [0.2, 0.25) is 0 Å². The fourth-order valence-corrected chi connectivity index (χ4v) is 4.90. The molecule has 0 spiro atoms. The van der Waals surface area contributed by atoms with Gasteiger partial charge in [0.1, 0.15) is 11.9 Å². The van der Waals surface area contributed by atoms with Crippen LogP contribution in [0, 0.1) is 0 Å². The van der Waals surface area contributed by atoms with Crippen LogP contribution in [0.4, 0.5) is 5.69 Å². The highest BCUT2D eigenvalue weighted by Gasteiger charge is 2.25. The lowest BCUT2D eigenvalue weighted by Crippen LogP contribution is -2.41. The van der Waals surface area contributed by atoms with Gasteiger partial charge in [-0.1, -0.05) is 66.7 Å². The topological polar surface area (TPSA) is 61.8 Å². The Kier molecular flexibility index (Phi) is 6.68. The van der Waals surface area contributed by atoms with Crippen molar-refractivity contribution in [3.8, 4) is 5.75 Å². The van der Waals surface area contributed by atoms with Gasteiger partial charge in [-0.25, -0.2) is 4.79 Å². The Hall–Kier alpha value is -3.83. The average Bonchev–Trinajstić information content (AvgIpc) is 2.88. The maximum Gasteiger partial charge on any atom is 0.335 e. The number of ether oxygens (including phenoxy) is 1. The summed E-state index contributed by atoms with van der Waals surface area (Å²) in [6, 6.07) is 30.4. The first-order chi connectivity index (χ1) is 17.1. The summed E-state index contributed by atoms with van der Waals surface area (Å²) < 4.78 is 6.34. The lowest BCUT2D eigenvalue weighted by molar-refractivity contribution is 0.0696. The number of hydrogen-bond acceptors (Lipinski definition) is 4. The molecule has 0 bridgehead atoms. The van der Waals surface area contributed by atoms with E-state index in [1.807, 2.05) is 24.3 Å². The van der Waals surface area contributed by atoms with E-state index in [1.54, 1.807) is 18.2 Å². The normalized spacial score (nSPS) is 15.9. The summed E-state index contributed by atoms with van der Waals surface area (Å²) in [5, 5.41) is 15.6. The zero-order valence-corrected chi connectivity index (χ0v) is 19.9. The Morgan fingerprint density at radius 1 is 1.03 bits per heavy atom. The molecule has 0 radical (unpaired) electrons. The summed E-state index contributed by atoms with van der Waals surface area (Å²) in [7, 11) is 0. The summed E-state index contributed by atoms with van der Waals surface area (Å²) in [5.74, 6) is -0.0289. The van der Waals surface area contributed by atoms with E-state index in [4.69, 9.17) is 4.74 Å². The van der Waals surface area contributed by atoms with Gasteiger partial charge in [0.05, 0.1) is 17.8 Å². The first-order valence-electron chi connectivity index (χ1n) is 12.1. The van der Waals surface area contributed by atoms with Crippen molar-refractivity contribution in [3.05, 3.63) is 108 Å². The van der Waals surface area contributed by atoms with E-state index in [9.17, 15) is 9.90 Å². The fourth-order valence-electron chi connectivity index (χ4n) is 4.90. The van der Waals surface area contributed by atoms with Gasteiger partial charge in [0.25, 0.3) is 0 Å². The maximum absolute atomic E-state index is 11.4. The molecule has 0 fully saturated rings. The average molecular weight is 467 g/mol. The number of carbonyl (C=O) groups is 1. The minimum absolute atomic E-state index is 0.0415. The Balaban J connectivity index is 1.26. The minimum atomic E-state index is -0.904. The van der Waals surface area contributed by atoms with Crippen LogP contribution in [0.15, 0.2) is 91.0 Å². The van der Waals surface area contributed by atoms with Crippen LogP contribution < -0.4 is 15.0 Å². The molecule has 0 saturated heterocycles. The highest BCUT2D eigenvalue weighted by atomic mass is 16.5. The van der Waals surface area contributed by atoms with Crippen molar-refractivity contribution in [2.75, 3.05) is 18.0 Å². The molecule has 1 heterocycles. The molecule has 5 heteroatoms. The van der Waals surface area contributed by atoms with Crippen LogP contribution in [0.3, 0.4) is 0 Å². The predicted molar refractivity (Wildman–Crippen MR) is 140 cm³/mol. The molecule has 2 atom stereocenters. The van der Waals surface area contributed by atoms with E-state index in [1.165, 1.54) is 16.3 Å². The number of hydrogen-bond donors (Lipinski definition) is 2. The van der Waals surface area contributed by atoms with Crippen LogP contribution in [-0.4, -0.2) is 30.3 Å². The molecule has 1 aliphatic rings. The second-order valence-electron chi connectivity index (χ2n) is 9.13. The van der Waals surface area contributed by atoms with Gasteiger partial charge >= 0.3 is 5.97 Å². The summed E-state index contributed by atoms with van der Waals surface area (Å²) in [4.78, 5) is 13.7. The standard InChI is InChI=1S/C30H30N2O3/c1-21(26-13-7-10-23-9-2-3-12-27(23)26)31-17-16-25-20-32(28-14-4-5-15-29(28)35-25)19-22-8-6-11-24(18-22)30(33)34/h2-15,18,21,25,31H,16-17,19-20H2,1H3,(H,33,34). The minimum Gasteiger partial charge on any atom is -0.486 e. The van der Waals surface area contributed by atoms with Gasteiger partial charge in [-0.15, -0.1) is 0 Å². The molecule has 0 saturated carbocycles. The second-order valence-corrected chi connectivity index (χ2v) is 9.13. The van der Waals surface area contributed by atoms with Crippen LogP contribution >= 0.6 is 0 Å². The molecule has 0 amide bonds. The van der Waals surface area contributed by atoms with Gasteiger partial charge in [0, 0.05) is 12.6 Å². The molecular weight excluding hydrogens is 436 g/mol. The van der Waals surface area contributed by atoms with E-state index in [2.05, 4.69) is 65.7 Å². The van der Waals surface area contributed by atoms with Gasteiger partial charge in [-0.2, -0.15) is 0 Å². The number of nitrogens with zero attached hydrogens (tertiary/aromatic N) is 1. The molecule has 35 heavy (non-hydrogen) atoms. The second kappa shape index (κ2) is 10.2. The van der Waals surface area contributed by atoms with Gasteiger partial charge in [-0.05, 0) is 66.1 Å². The monoisotopic (exact) mass is 466 g/mol. The quantitative estimate of drug-likeness (QED) is 0.331. The number of anilines is 1. The summed E-state index contributed by atoms with van der Waals surface area (Å²) in [5.41, 5.74) is 3.63. The summed E-state index contributed by atoms with van der Waals surface area (Å²) in [6.07, 6.45) is 0.912. The van der Waals surface area contributed by atoms with Crippen LogP contribution in [0.25, 0.3) is 10.8 Å². The maximum atomic E-state index is 11.4. The molecule has 4 aromatic carbocycles. The van der Waals surface area contributed by atoms with E-state index >= 15 is 0 Å². The predicted octanol–water partition coefficient (Wildman–Crippen LogP) is 6.05. The number of para-hydroxylation sites is 2. The van der Waals surface area contributed by atoms with Crippen LogP contribution in [0.5, 0.6) is 5.75 Å². The molecule has 4 aromatic rings. The van der Waals surface area contributed by atoms with Crippen LogP contribution in [0.2, 0.25) is 0 Å². The van der Waals surface area contributed by atoms with Crippen molar-refractivity contribution < 1.29 is 14.6 Å². The van der Waals surface area contributed by atoms with Crippen molar-refractivity contribution in [2.45, 2.75) is 32.0 Å². The highest BCUT2D eigenvalue weighted by molar-refractivity contribution is 5.88. The Labute approximate surface area is 206 Å². The Morgan fingerprint density at radius 3 is 2.69 bits per heavy atom. The molecule has 1 aliphatic heterocycles. The molecule has 0 aromatic heterocycles. The summed E-state index contributed by atoms with van der Waals surface area (Å²) in [6.45, 7) is 4.43. The molecule has 178 valence electrons. The lowest BCUT2D eigenvalue weighted by Gasteiger charge is -2.36. The smallest absolute Gasteiger partial charge is 0.335 e. The molecular formula is C30H30N2O3. The van der Waals surface area contributed by atoms with Crippen molar-refractivity contribution in [2.24, 2.45) is 0 Å². The van der Waals surface area contributed by atoms with Gasteiger partial charge in [-0.3, -0.25) is 0 Å². The number of benzene rings is 4. The van der Waals surface area contributed by atoms with Crippen LogP contribution in [0.1, 0.15) is 40.9 Å². The van der Waals surface area contributed by atoms with Gasteiger partial charge < -0.3 is 20.1 Å². The largest absolute Gasteiger partial charge is 0.486 e. The first kappa shape index (κ1) is 22.9. The zero-order chi connectivity index (χ0) is 24.2. The van der Waals surface area contributed by atoms with Crippen LogP contribution in [-0.2, 0) is 6.54 Å². The molecule has 2 N–H and O–H groups in total.